The Labute approximate surface area is 93.9 Å². The molecule has 4 heteroatoms. The van der Waals surface area contributed by atoms with Crippen LogP contribution in [-0.2, 0) is 0 Å². The Morgan fingerprint density at radius 2 is 2.27 bits per heavy atom. The van der Waals surface area contributed by atoms with Crippen LogP contribution in [0.4, 0.5) is 5.69 Å². The molecule has 3 nitrogen and oxygen atoms in total. The summed E-state index contributed by atoms with van der Waals surface area (Å²) in [4.78, 5) is 2.06. The first-order chi connectivity index (χ1) is 7.24. The molecule has 0 bridgehead atoms. The van der Waals surface area contributed by atoms with E-state index in [1.807, 2.05) is 6.07 Å². The minimum absolute atomic E-state index is 0.0951. The minimum atomic E-state index is 0.0951. The number of aliphatic hydroxyl groups is 1. The van der Waals surface area contributed by atoms with Gasteiger partial charge in [-0.15, -0.1) is 0 Å². The molecule has 0 spiro atoms. The molecule has 1 aromatic carbocycles. The first-order valence-corrected chi connectivity index (χ1v) is 5.47. The van der Waals surface area contributed by atoms with Crippen LogP contribution in [0.5, 0.6) is 5.75 Å². The highest BCUT2D eigenvalue weighted by molar-refractivity contribution is 6.34. The lowest BCUT2D eigenvalue weighted by Crippen LogP contribution is -2.32. The molecular weight excluding hydrogens is 214 g/mol. The molecule has 2 N–H and O–H groups in total. The zero-order valence-electron chi connectivity index (χ0n) is 8.36. The number of aromatic hydroxyl groups is 1. The molecule has 1 atom stereocenters. The average Bonchev–Trinajstić information content (AvgIpc) is 2.70. The van der Waals surface area contributed by atoms with Crippen molar-refractivity contribution in [3.63, 3.8) is 0 Å². The zero-order chi connectivity index (χ0) is 10.8. The molecule has 1 aliphatic heterocycles. The monoisotopic (exact) mass is 227 g/mol. The number of phenolic OH excluding ortho intramolecular Hbond substituents is 1. The highest BCUT2D eigenvalue weighted by Crippen LogP contribution is 2.36. The van der Waals surface area contributed by atoms with Crippen LogP contribution < -0.4 is 4.90 Å². The van der Waals surface area contributed by atoms with Crippen molar-refractivity contribution in [3.8, 4) is 5.75 Å². The fourth-order valence-electron chi connectivity index (χ4n) is 2.07. The number of aliphatic hydroxyl groups excluding tert-OH is 1. The number of phenols is 1. The Bertz CT molecular complexity index is 356. The third-order valence-corrected chi connectivity index (χ3v) is 3.24. The Hall–Kier alpha value is -0.930. The van der Waals surface area contributed by atoms with E-state index in [0.717, 1.165) is 25.1 Å². The number of hydrogen-bond acceptors (Lipinski definition) is 3. The van der Waals surface area contributed by atoms with E-state index >= 15 is 0 Å². The maximum Gasteiger partial charge on any atom is 0.136 e. The van der Waals surface area contributed by atoms with E-state index in [1.165, 1.54) is 0 Å². The Balaban J connectivity index is 2.32. The van der Waals surface area contributed by atoms with Crippen LogP contribution in [0.15, 0.2) is 18.2 Å². The van der Waals surface area contributed by atoms with Crippen LogP contribution in [-0.4, -0.2) is 29.4 Å². The van der Waals surface area contributed by atoms with E-state index in [1.54, 1.807) is 12.1 Å². The first-order valence-electron chi connectivity index (χ1n) is 5.09. The Morgan fingerprint density at radius 3 is 3.00 bits per heavy atom. The van der Waals surface area contributed by atoms with Crippen molar-refractivity contribution in [2.45, 2.75) is 18.9 Å². The number of benzene rings is 1. The van der Waals surface area contributed by atoms with E-state index in [9.17, 15) is 10.2 Å². The fourth-order valence-corrected chi connectivity index (χ4v) is 2.31. The highest BCUT2D eigenvalue weighted by atomic mass is 35.5. The van der Waals surface area contributed by atoms with Crippen LogP contribution in [0.2, 0.25) is 5.02 Å². The second-order valence-corrected chi connectivity index (χ2v) is 4.16. The van der Waals surface area contributed by atoms with E-state index in [4.69, 9.17) is 11.6 Å². The summed E-state index contributed by atoms with van der Waals surface area (Å²) in [7, 11) is 0. The summed E-state index contributed by atoms with van der Waals surface area (Å²) in [6, 6.07) is 5.33. The number of nitrogens with zero attached hydrogens (tertiary/aromatic N) is 1. The van der Waals surface area contributed by atoms with Crippen molar-refractivity contribution in [2.24, 2.45) is 0 Å². The molecule has 82 valence electrons. The van der Waals surface area contributed by atoms with Gasteiger partial charge in [0.05, 0.1) is 18.3 Å². The van der Waals surface area contributed by atoms with Gasteiger partial charge < -0.3 is 15.1 Å². The number of anilines is 1. The summed E-state index contributed by atoms with van der Waals surface area (Å²) < 4.78 is 0. The molecule has 1 fully saturated rings. The molecule has 1 unspecified atom stereocenters. The Kier molecular flexibility index (Phi) is 3.03. The normalized spacial score (nSPS) is 20.9. The lowest BCUT2D eigenvalue weighted by Gasteiger charge is -2.26. The van der Waals surface area contributed by atoms with E-state index in [-0.39, 0.29) is 18.4 Å². The molecule has 0 saturated carbocycles. The molecular formula is C11H14ClNO2. The summed E-state index contributed by atoms with van der Waals surface area (Å²) in [5, 5.41) is 19.1. The van der Waals surface area contributed by atoms with Crippen molar-refractivity contribution >= 4 is 17.3 Å². The SMILES string of the molecule is OCC1CCCN1c1cccc(O)c1Cl. The second kappa shape index (κ2) is 4.29. The summed E-state index contributed by atoms with van der Waals surface area (Å²) in [6.45, 7) is 1.01. The van der Waals surface area contributed by atoms with Crippen molar-refractivity contribution < 1.29 is 10.2 Å². The fraction of sp³-hybridized carbons (Fsp3) is 0.455. The van der Waals surface area contributed by atoms with Crippen LogP contribution in [0.1, 0.15) is 12.8 Å². The Morgan fingerprint density at radius 1 is 1.47 bits per heavy atom. The maximum absolute atomic E-state index is 9.50. The van der Waals surface area contributed by atoms with Gasteiger partial charge in [0, 0.05) is 6.54 Å². The lowest BCUT2D eigenvalue weighted by atomic mass is 10.2. The maximum atomic E-state index is 9.50. The molecule has 0 aromatic heterocycles. The first kappa shape index (κ1) is 10.6. The van der Waals surface area contributed by atoms with Gasteiger partial charge in [0.15, 0.2) is 0 Å². The number of hydrogen-bond donors (Lipinski definition) is 2. The molecule has 1 aliphatic rings. The third-order valence-electron chi connectivity index (χ3n) is 2.86. The van der Waals surface area contributed by atoms with Gasteiger partial charge in [-0.2, -0.15) is 0 Å². The number of rotatable bonds is 2. The lowest BCUT2D eigenvalue weighted by molar-refractivity contribution is 0.266. The molecule has 1 heterocycles. The van der Waals surface area contributed by atoms with Gasteiger partial charge in [-0.3, -0.25) is 0 Å². The largest absolute Gasteiger partial charge is 0.506 e. The minimum Gasteiger partial charge on any atom is -0.506 e. The zero-order valence-corrected chi connectivity index (χ0v) is 9.11. The van der Waals surface area contributed by atoms with E-state index in [2.05, 4.69) is 4.90 Å². The quantitative estimate of drug-likeness (QED) is 0.813. The molecule has 2 rings (SSSR count). The topological polar surface area (TPSA) is 43.7 Å². The van der Waals surface area contributed by atoms with Gasteiger partial charge in [0.1, 0.15) is 10.8 Å². The molecule has 0 amide bonds. The van der Waals surface area contributed by atoms with Crippen molar-refractivity contribution in [2.75, 3.05) is 18.1 Å². The second-order valence-electron chi connectivity index (χ2n) is 3.78. The highest BCUT2D eigenvalue weighted by Gasteiger charge is 2.25. The summed E-state index contributed by atoms with van der Waals surface area (Å²) in [5.41, 5.74) is 0.813. The van der Waals surface area contributed by atoms with Gasteiger partial charge in [0.25, 0.3) is 0 Å². The molecule has 0 radical (unpaired) electrons. The van der Waals surface area contributed by atoms with Gasteiger partial charge in [-0.05, 0) is 25.0 Å². The van der Waals surface area contributed by atoms with Crippen molar-refractivity contribution in [1.82, 2.24) is 0 Å². The average molecular weight is 228 g/mol. The van der Waals surface area contributed by atoms with Crippen LogP contribution in [0, 0.1) is 0 Å². The van der Waals surface area contributed by atoms with Crippen LogP contribution in [0.3, 0.4) is 0 Å². The predicted molar refractivity (Wildman–Crippen MR) is 60.6 cm³/mol. The van der Waals surface area contributed by atoms with Crippen LogP contribution >= 0.6 is 11.6 Å². The van der Waals surface area contributed by atoms with Gasteiger partial charge in [-0.1, -0.05) is 17.7 Å². The standard InChI is InChI=1S/C11H14ClNO2/c12-11-9(4-1-5-10(11)15)13-6-2-3-8(13)7-14/h1,4-5,8,14-15H,2-3,6-7H2. The molecule has 15 heavy (non-hydrogen) atoms. The van der Waals surface area contributed by atoms with Crippen LogP contribution in [0.25, 0.3) is 0 Å². The van der Waals surface area contributed by atoms with Gasteiger partial charge in [-0.25, -0.2) is 0 Å². The summed E-state index contributed by atoms with van der Waals surface area (Å²) in [5.74, 6) is 0.0951. The van der Waals surface area contributed by atoms with Gasteiger partial charge >= 0.3 is 0 Å². The molecule has 1 aromatic rings. The van der Waals surface area contributed by atoms with E-state index < -0.39 is 0 Å². The van der Waals surface area contributed by atoms with Crippen molar-refractivity contribution in [1.29, 1.82) is 0 Å². The number of halogens is 1. The predicted octanol–water partition coefficient (Wildman–Crippen LogP) is 2.01. The smallest absolute Gasteiger partial charge is 0.136 e. The summed E-state index contributed by atoms with van der Waals surface area (Å²) >= 11 is 6.02. The molecule has 0 aliphatic carbocycles. The van der Waals surface area contributed by atoms with Crippen molar-refractivity contribution in [3.05, 3.63) is 23.2 Å². The molecule has 1 saturated heterocycles. The van der Waals surface area contributed by atoms with E-state index in [0.29, 0.717) is 5.02 Å². The third kappa shape index (κ3) is 1.90. The van der Waals surface area contributed by atoms with Gasteiger partial charge in [0.2, 0.25) is 0 Å². The summed E-state index contributed by atoms with van der Waals surface area (Å²) in [6.07, 6.45) is 2.03.